The Morgan fingerprint density at radius 2 is 1.80 bits per heavy atom. The van der Waals surface area contributed by atoms with Crippen LogP contribution in [0.2, 0.25) is 0 Å². The summed E-state index contributed by atoms with van der Waals surface area (Å²) in [6.07, 6.45) is 2.24. The van der Waals surface area contributed by atoms with Crippen LogP contribution in [-0.2, 0) is 10.2 Å². The first-order valence-electron chi connectivity index (χ1n) is 10.6. The Hall–Kier alpha value is -2.29. The van der Waals surface area contributed by atoms with Crippen LogP contribution in [0.1, 0.15) is 57.2 Å². The number of thioether (sulfide) groups is 1. The number of carbonyl (C=O) groups is 1. The van der Waals surface area contributed by atoms with Crippen LogP contribution < -0.4 is 10.6 Å². The van der Waals surface area contributed by atoms with E-state index in [2.05, 4.69) is 73.9 Å². The fourth-order valence-corrected chi connectivity index (χ4v) is 5.27. The van der Waals surface area contributed by atoms with Crippen molar-refractivity contribution in [2.24, 2.45) is 0 Å². The second-order valence-corrected chi connectivity index (χ2v) is 10.8. The van der Waals surface area contributed by atoms with Crippen LogP contribution in [0.25, 0.3) is 0 Å². The monoisotopic (exact) mass is 419 g/mol. The number of amides is 1. The third kappa shape index (κ3) is 4.55. The maximum absolute atomic E-state index is 12.9. The number of rotatable bonds is 5. The van der Waals surface area contributed by atoms with Gasteiger partial charge in [-0.05, 0) is 47.9 Å². The summed E-state index contributed by atoms with van der Waals surface area (Å²) >= 11 is 1.82. The molecule has 4 nitrogen and oxygen atoms in total. The smallest absolute Gasteiger partial charge is 0.238 e. The molecule has 1 aliphatic carbocycles. The van der Waals surface area contributed by atoms with Crippen molar-refractivity contribution < 1.29 is 4.79 Å². The van der Waals surface area contributed by atoms with E-state index in [0.29, 0.717) is 0 Å². The predicted octanol–water partition coefficient (Wildman–Crippen LogP) is 4.72. The van der Waals surface area contributed by atoms with Gasteiger partial charge in [-0.3, -0.25) is 10.1 Å². The molecule has 2 aromatic rings. The lowest BCUT2D eigenvalue weighted by molar-refractivity contribution is -0.123. The molecule has 0 aromatic heterocycles. The van der Waals surface area contributed by atoms with E-state index >= 15 is 0 Å². The number of nitriles is 1. The van der Waals surface area contributed by atoms with E-state index in [1.807, 2.05) is 30.0 Å². The Labute approximate surface area is 183 Å². The fourth-order valence-electron chi connectivity index (χ4n) is 3.95. The molecule has 3 unspecified atom stereocenters. The van der Waals surface area contributed by atoms with Crippen LogP contribution in [-0.4, -0.2) is 22.7 Å². The van der Waals surface area contributed by atoms with E-state index < -0.39 is 5.54 Å². The molecule has 0 radical (unpaired) electrons. The van der Waals surface area contributed by atoms with Gasteiger partial charge in [-0.15, -0.1) is 11.8 Å². The van der Waals surface area contributed by atoms with Crippen molar-refractivity contribution in [1.29, 1.82) is 5.26 Å². The molecule has 0 spiro atoms. The van der Waals surface area contributed by atoms with Gasteiger partial charge in [0.2, 0.25) is 5.91 Å². The van der Waals surface area contributed by atoms with Crippen LogP contribution in [0.4, 0.5) is 0 Å². The van der Waals surface area contributed by atoms with Gasteiger partial charge < -0.3 is 5.32 Å². The standard InChI is InChI=1S/C25H29N3OS/c1-24(2,3)18-11-9-17(10-12-18)22-21(30-19-7-5-4-6-8-19)15-20(27-22)23(29)28-25(16-26)13-14-25/h4-12,20-22,27H,13-15H2,1-3H3,(H,28,29). The van der Waals surface area contributed by atoms with Crippen LogP contribution >= 0.6 is 11.8 Å². The van der Waals surface area contributed by atoms with Crippen LogP contribution in [0.15, 0.2) is 59.5 Å². The second kappa shape index (κ2) is 8.09. The van der Waals surface area contributed by atoms with Gasteiger partial charge in [0, 0.05) is 16.2 Å². The summed E-state index contributed by atoms with van der Waals surface area (Å²) in [5.41, 5.74) is 1.98. The quantitative estimate of drug-likeness (QED) is 0.736. The molecule has 1 saturated carbocycles. The first-order valence-corrected chi connectivity index (χ1v) is 11.5. The molecule has 1 aliphatic heterocycles. The minimum Gasteiger partial charge on any atom is -0.336 e. The minimum absolute atomic E-state index is 0.0541. The van der Waals surface area contributed by atoms with Crippen molar-refractivity contribution in [2.75, 3.05) is 0 Å². The highest BCUT2D eigenvalue weighted by molar-refractivity contribution is 8.00. The molecule has 4 rings (SSSR count). The van der Waals surface area contributed by atoms with Gasteiger partial charge in [-0.25, -0.2) is 0 Å². The lowest BCUT2D eigenvalue weighted by Gasteiger charge is -2.23. The van der Waals surface area contributed by atoms with Crippen molar-refractivity contribution >= 4 is 17.7 Å². The highest BCUT2D eigenvalue weighted by Gasteiger charge is 2.47. The second-order valence-electron chi connectivity index (χ2n) is 9.46. The van der Waals surface area contributed by atoms with E-state index in [1.54, 1.807) is 0 Å². The number of hydrogen-bond acceptors (Lipinski definition) is 4. The van der Waals surface area contributed by atoms with Crippen molar-refractivity contribution in [2.45, 2.75) is 73.2 Å². The number of nitrogens with zero attached hydrogens (tertiary/aromatic N) is 1. The summed E-state index contributed by atoms with van der Waals surface area (Å²) in [6, 6.07) is 21.2. The lowest BCUT2D eigenvalue weighted by Crippen LogP contribution is -2.46. The molecule has 2 fully saturated rings. The van der Waals surface area contributed by atoms with Gasteiger partial charge >= 0.3 is 0 Å². The largest absolute Gasteiger partial charge is 0.336 e. The van der Waals surface area contributed by atoms with Crippen LogP contribution in [0, 0.1) is 11.3 Å². The van der Waals surface area contributed by atoms with Gasteiger partial charge in [0.1, 0.15) is 5.54 Å². The van der Waals surface area contributed by atoms with Crippen molar-refractivity contribution in [3.63, 3.8) is 0 Å². The minimum atomic E-state index is -0.632. The van der Waals surface area contributed by atoms with E-state index in [1.165, 1.54) is 16.0 Å². The molecule has 0 bridgehead atoms. The molecule has 1 heterocycles. The molecule has 5 heteroatoms. The highest BCUT2D eigenvalue weighted by Crippen LogP contribution is 2.41. The summed E-state index contributed by atoms with van der Waals surface area (Å²) in [7, 11) is 0. The number of benzene rings is 2. The Balaban J connectivity index is 1.55. The zero-order valence-corrected chi connectivity index (χ0v) is 18.6. The van der Waals surface area contributed by atoms with E-state index in [0.717, 1.165) is 19.3 Å². The molecular weight excluding hydrogens is 390 g/mol. The topological polar surface area (TPSA) is 64.9 Å². The third-order valence-corrected chi connectivity index (χ3v) is 7.34. The average Bonchev–Trinajstić information content (AvgIpc) is 3.38. The summed E-state index contributed by atoms with van der Waals surface area (Å²) in [4.78, 5) is 14.1. The normalized spacial score (nSPS) is 24.8. The van der Waals surface area contributed by atoms with Crippen molar-refractivity contribution in [3.05, 3.63) is 65.7 Å². The van der Waals surface area contributed by atoms with Crippen molar-refractivity contribution in [1.82, 2.24) is 10.6 Å². The predicted molar refractivity (Wildman–Crippen MR) is 121 cm³/mol. The Kier molecular flexibility index (Phi) is 5.65. The number of nitrogens with one attached hydrogen (secondary N) is 2. The van der Waals surface area contributed by atoms with Gasteiger partial charge in [-0.2, -0.15) is 5.26 Å². The van der Waals surface area contributed by atoms with Crippen LogP contribution in [0.3, 0.4) is 0 Å². The van der Waals surface area contributed by atoms with Gasteiger partial charge in [0.25, 0.3) is 0 Å². The fraction of sp³-hybridized carbons (Fsp3) is 0.440. The summed E-state index contributed by atoms with van der Waals surface area (Å²) in [5.74, 6) is -0.0541. The Morgan fingerprint density at radius 3 is 2.37 bits per heavy atom. The molecule has 2 aromatic carbocycles. The molecule has 30 heavy (non-hydrogen) atoms. The molecular formula is C25H29N3OS. The lowest BCUT2D eigenvalue weighted by atomic mass is 9.86. The van der Waals surface area contributed by atoms with Crippen LogP contribution in [0.5, 0.6) is 0 Å². The first-order chi connectivity index (χ1) is 14.3. The number of hydrogen-bond donors (Lipinski definition) is 2. The van der Waals surface area contributed by atoms with Gasteiger partial charge in [-0.1, -0.05) is 63.2 Å². The average molecular weight is 420 g/mol. The van der Waals surface area contributed by atoms with E-state index in [4.69, 9.17) is 0 Å². The zero-order valence-electron chi connectivity index (χ0n) is 17.8. The molecule has 2 N–H and O–H groups in total. The van der Waals surface area contributed by atoms with E-state index in [-0.39, 0.29) is 28.7 Å². The molecule has 3 atom stereocenters. The maximum atomic E-state index is 12.9. The Morgan fingerprint density at radius 1 is 1.13 bits per heavy atom. The zero-order chi connectivity index (χ0) is 21.4. The van der Waals surface area contributed by atoms with Crippen molar-refractivity contribution in [3.8, 4) is 6.07 Å². The van der Waals surface area contributed by atoms with Gasteiger partial charge in [0.15, 0.2) is 0 Å². The SMILES string of the molecule is CC(C)(C)c1ccc(C2NC(C(=O)NC3(C#N)CC3)CC2Sc2ccccc2)cc1. The summed E-state index contributed by atoms with van der Waals surface area (Å²) < 4.78 is 0. The molecule has 2 aliphatic rings. The number of carbonyl (C=O) groups excluding carboxylic acids is 1. The molecule has 156 valence electrons. The molecule has 1 saturated heterocycles. The molecule has 1 amide bonds. The highest BCUT2D eigenvalue weighted by atomic mass is 32.2. The summed E-state index contributed by atoms with van der Waals surface area (Å²) in [5, 5.41) is 16.1. The van der Waals surface area contributed by atoms with Gasteiger partial charge in [0.05, 0.1) is 12.1 Å². The van der Waals surface area contributed by atoms with E-state index in [9.17, 15) is 10.1 Å². The maximum Gasteiger partial charge on any atom is 0.238 e. The summed E-state index contributed by atoms with van der Waals surface area (Å²) in [6.45, 7) is 6.65. The first kappa shape index (κ1) is 21.0. The Bertz CT molecular complexity index is 939. The third-order valence-electron chi connectivity index (χ3n) is 6.03.